The van der Waals surface area contributed by atoms with E-state index in [-0.39, 0.29) is 23.9 Å². The van der Waals surface area contributed by atoms with Crippen molar-refractivity contribution in [1.82, 2.24) is 15.1 Å². The summed E-state index contributed by atoms with van der Waals surface area (Å²) < 4.78 is 0. The normalized spacial score (nSPS) is 17.9. The Morgan fingerprint density at radius 3 is 2.11 bits per heavy atom. The van der Waals surface area contributed by atoms with Crippen LogP contribution in [0.15, 0.2) is 0 Å². The van der Waals surface area contributed by atoms with E-state index in [0.29, 0.717) is 6.42 Å². The second kappa shape index (κ2) is 6.89. The van der Waals surface area contributed by atoms with Crippen LogP contribution >= 0.6 is 0 Å². The van der Waals surface area contributed by atoms with Gasteiger partial charge in [0.25, 0.3) is 0 Å². The molecule has 1 N–H and O–H groups in total. The van der Waals surface area contributed by atoms with Gasteiger partial charge in [0.15, 0.2) is 0 Å². The molecule has 0 spiro atoms. The fourth-order valence-corrected chi connectivity index (χ4v) is 2.60. The van der Waals surface area contributed by atoms with Crippen LogP contribution in [0.25, 0.3) is 0 Å². The minimum Gasteiger partial charge on any atom is -0.347 e. The molecule has 0 aromatic rings. The lowest BCUT2D eigenvalue weighted by Crippen LogP contribution is -2.49. The standard InChI is InChI=1S/C14H27N3O2/c1-15-14(8-6-5-7-9-14)10-12(18)17(4)11-13(19)16(2)3/h15H,5-11H2,1-4H3. The van der Waals surface area contributed by atoms with Crippen LogP contribution in [0.5, 0.6) is 0 Å². The van der Waals surface area contributed by atoms with Crippen LogP contribution < -0.4 is 5.32 Å². The maximum absolute atomic E-state index is 12.2. The molecule has 5 nitrogen and oxygen atoms in total. The Hall–Kier alpha value is -1.10. The number of carbonyl (C=O) groups is 2. The molecule has 0 aliphatic heterocycles. The van der Waals surface area contributed by atoms with Gasteiger partial charge in [-0.25, -0.2) is 0 Å². The number of nitrogens with one attached hydrogen (secondary N) is 1. The van der Waals surface area contributed by atoms with Gasteiger partial charge in [-0.2, -0.15) is 0 Å². The molecule has 1 rings (SSSR count). The summed E-state index contributed by atoms with van der Waals surface area (Å²) >= 11 is 0. The van der Waals surface area contributed by atoms with Gasteiger partial charge in [0.2, 0.25) is 11.8 Å². The van der Waals surface area contributed by atoms with Crippen molar-refractivity contribution in [3.05, 3.63) is 0 Å². The van der Waals surface area contributed by atoms with Gasteiger partial charge in [0.1, 0.15) is 0 Å². The topological polar surface area (TPSA) is 52.7 Å². The van der Waals surface area contributed by atoms with Crippen LogP contribution in [0.3, 0.4) is 0 Å². The van der Waals surface area contributed by atoms with E-state index in [1.807, 2.05) is 7.05 Å². The summed E-state index contributed by atoms with van der Waals surface area (Å²) in [6, 6.07) is 0. The van der Waals surface area contributed by atoms with Crippen molar-refractivity contribution < 1.29 is 9.59 Å². The number of hydrogen-bond donors (Lipinski definition) is 1. The van der Waals surface area contributed by atoms with E-state index in [2.05, 4.69) is 5.32 Å². The third-order valence-corrected chi connectivity index (χ3v) is 4.13. The van der Waals surface area contributed by atoms with E-state index in [0.717, 1.165) is 12.8 Å². The van der Waals surface area contributed by atoms with Gasteiger partial charge in [-0.15, -0.1) is 0 Å². The second-order valence-corrected chi connectivity index (χ2v) is 5.81. The second-order valence-electron chi connectivity index (χ2n) is 5.81. The summed E-state index contributed by atoms with van der Waals surface area (Å²) in [5.74, 6) is 0.00412. The fraction of sp³-hybridized carbons (Fsp3) is 0.857. The Kier molecular flexibility index (Phi) is 5.79. The van der Waals surface area contributed by atoms with Gasteiger partial charge in [0.05, 0.1) is 6.54 Å². The Balaban J connectivity index is 2.54. The predicted molar refractivity (Wildman–Crippen MR) is 75.8 cm³/mol. The van der Waals surface area contributed by atoms with Gasteiger partial charge in [-0.3, -0.25) is 9.59 Å². The first kappa shape index (κ1) is 16.0. The zero-order chi connectivity index (χ0) is 14.5. The zero-order valence-corrected chi connectivity index (χ0v) is 12.7. The van der Waals surface area contributed by atoms with E-state index in [4.69, 9.17) is 0 Å². The minimum absolute atomic E-state index is 0.0435. The van der Waals surface area contributed by atoms with Crippen LogP contribution in [0, 0.1) is 0 Å². The molecule has 0 saturated heterocycles. The van der Waals surface area contributed by atoms with E-state index < -0.39 is 0 Å². The average Bonchev–Trinajstić information content (AvgIpc) is 2.39. The van der Waals surface area contributed by atoms with Crippen molar-refractivity contribution in [3.63, 3.8) is 0 Å². The lowest BCUT2D eigenvalue weighted by Gasteiger charge is -2.37. The van der Waals surface area contributed by atoms with Crippen molar-refractivity contribution in [2.24, 2.45) is 0 Å². The van der Waals surface area contributed by atoms with Crippen LogP contribution in [-0.2, 0) is 9.59 Å². The molecule has 1 saturated carbocycles. The number of carbonyl (C=O) groups excluding carboxylic acids is 2. The third-order valence-electron chi connectivity index (χ3n) is 4.13. The van der Waals surface area contributed by atoms with Gasteiger partial charge in [0, 0.05) is 33.1 Å². The number of amides is 2. The Morgan fingerprint density at radius 2 is 1.63 bits per heavy atom. The molecule has 0 radical (unpaired) electrons. The summed E-state index contributed by atoms with van der Waals surface area (Å²) in [5, 5.41) is 3.34. The number of nitrogens with zero attached hydrogens (tertiary/aromatic N) is 2. The fourth-order valence-electron chi connectivity index (χ4n) is 2.60. The summed E-state index contributed by atoms with van der Waals surface area (Å²) in [6.45, 7) is 0.158. The first-order chi connectivity index (χ1) is 8.90. The SMILES string of the molecule is CNC1(CC(=O)N(C)CC(=O)N(C)C)CCCCC1. The quantitative estimate of drug-likeness (QED) is 0.805. The van der Waals surface area contributed by atoms with Crippen molar-refractivity contribution in [1.29, 1.82) is 0 Å². The Labute approximate surface area is 116 Å². The highest BCUT2D eigenvalue weighted by atomic mass is 16.2. The summed E-state index contributed by atoms with van der Waals surface area (Å²) in [5.41, 5.74) is -0.0647. The Morgan fingerprint density at radius 1 is 1.05 bits per heavy atom. The molecule has 2 amide bonds. The van der Waals surface area contributed by atoms with E-state index >= 15 is 0 Å². The first-order valence-electron chi connectivity index (χ1n) is 7.03. The molecule has 19 heavy (non-hydrogen) atoms. The van der Waals surface area contributed by atoms with E-state index in [1.165, 1.54) is 29.1 Å². The molecule has 0 unspecified atom stereocenters. The molecule has 1 aliphatic carbocycles. The van der Waals surface area contributed by atoms with Crippen molar-refractivity contribution in [2.45, 2.75) is 44.1 Å². The lowest BCUT2D eigenvalue weighted by molar-refractivity contribution is -0.139. The molecule has 0 bridgehead atoms. The van der Waals surface area contributed by atoms with Gasteiger partial charge < -0.3 is 15.1 Å². The monoisotopic (exact) mass is 269 g/mol. The lowest BCUT2D eigenvalue weighted by atomic mass is 9.79. The molecule has 5 heteroatoms. The number of rotatable bonds is 5. The highest BCUT2D eigenvalue weighted by Gasteiger charge is 2.33. The molecule has 1 fully saturated rings. The summed E-state index contributed by atoms with van der Waals surface area (Å²) in [4.78, 5) is 26.9. The summed E-state index contributed by atoms with van der Waals surface area (Å²) in [6.07, 6.45) is 6.19. The predicted octanol–water partition coefficient (Wildman–Crippen LogP) is 0.845. The smallest absolute Gasteiger partial charge is 0.241 e. The van der Waals surface area contributed by atoms with Gasteiger partial charge >= 0.3 is 0 Å². The van der Waals surface area contributed by atoms with Crippen LogP contribution in [0.1, 0.15) is 38.5 Å². The number of hydrogen-bond acceptors (Lipinski definition) is 3. The molecule has 0 aromatic heterocycles. The Bertz CT molecular complexity index is 323. The molecule has 0 heterocycles. The maximum Gasteiger partial charge on any atom is 0.241 e. The third kappa shape index (κ3) is 4.49. The summed E-state index contributed by atoms with van der Waals surface area (Å²) in [7, 11) is 7.05. The highest BCUT2D eigenvalue weighted by Crippen LogP contribution is 2.31. The molecule has 0 atom stereocenters. The largest absolute Gasteiger partial charge is 0.347 e. The van der Waals surface area contributed by atoms with Crippen LogP contribution in [-0.4, -0.2) is 61.9 Å². The maximum atomic E-state index is 12.2. The van der Waals surface area contributed by atoms with E-state index in [9.17, 15) is 9.59 Å². The van der Waals surface area contributed by atoms with Crippen molar-refractivity contribution in [2.75, 3.05) is 34.7 Å². The average molecular weight is 269 g/mol. The van der Waals surface area contributed by atoms with Crippen LogP contribution in [0.4, 0.5) is 0 Å². The molecule has 110 valence electrons. The van der Waals surface area contributed by atoms with Crippen molar-refractivity contribution >= 4 is 11.8 Å². The molecular weight excluding hydrogens is 242 g/mol. The molecule has 1 aliphatic rings. The first-order valence-corrected chi connectivity index (χ1v) is 7.03. The zero-order valence-electron chi connectivity index (χ0n) is 12.7. The van der Waals surface area contributed by atoms with Crippen molar-refractivity contribution in [3.8, 4) is 0 Å². The van der Waals surface area contributed by atoms with E-state index in [1.54, 1.807) is 21.1 Å². The van der Waals surface area contributed by atoms with Gasteiger partial charge in [-0.1, -0.05) is 19.3 Å². The van der Waals surface area contributed by atoms with Gasteiger partial charge in [-0.05, 0) is 19.9 Å². The molecule has 0 aromatic carbocycles. The molecular formula is C14H27N3O2. The highest BCUT2D eigenvalue weighted by molar-refractivity contribution is 5.84. The van der Waals surface area contributed by atoms with Crippen LogP contribution in [0.2, 0.25) is 0 Å². The minimum atomic E-state index is -0.0647. The number of likely N-dealkylation sites (N-methyl/N-ethyl adjacent to an activating group) is 2.